The van der Waals surface area contributed by atoms with Crippen LogP contribution in [-0.2, 0) is 9.53 Å². The Bertz CT molecular complexity index is 534. The Hall–Kier alpha value is -0.970. The highest BCUT2D eigenvalue weighted by Gasteiger charge is 2.30. The fraction of sp³-hybridized carbons (Fsp3) is 0.533. The van der Waals surface area contributed by atoms with Crippen LogP contribution in [0.25, 0.3) is 0 Å². The first-order valence-corrected chi connectivity index (χ1v) is 7.65. The fourth-order valence-electron chi connectivity index (χ4n) is 2.48. The Morgan fingerprint density at radius 2 is 2.14 bits per heavy atom. The minimum Gasteiger partial charge on any atom is -0.492 e. The van der Waals surface area contributed by atoms with Gasteiger partial charge in [-0.05, 0) is 18.1 Å². The highest BCUT2D eigenvalue weighted by atomic mass is 35.5. The van der Waals surface area contributed by atoms with E-state index in [1.54, 1.807) is 6.07 Å². The molecule has 1 aliphatic rings. The van der Waals surface area contributed by atoms with Crippen LogP contribution in [0.4, 0.5) is 0 Å². The first-order chi connectivity index (χ1) is 9.93. The number of nitrogens with one attached hydrogen (secondary N) is 1. The average Bonchev–Trinajstić information content (AvgIpc) is 2.43. The summed E-state index contributed by atoms with van der Waals surface area (Å²) in [6.07, 6.45) is 0.740. The van der Waals surface area contributed by atoms with Gasteiger partial charge in [-0.3, -0.25) is 10.1 Å². The van der Waals surface area contributed by atoms with Crippen LogP contribution >= 0.6 is 23.2 Å². The second-order valence-electron chi connectivity index (χ2n) is 5.41. The van der Waals surface area contributed by atoms with Gasteiger partial charge in [-0.15, -0.1) is 0 Å². The highest BCUT2D eigenvalue weighted by molar-refractivity contribution is 6.35. The molecular formula is C15H19Cl2NO3. The van der Waals surface area contributed by atoms with Crippen LogP contribution in [0, 0.1) is 5.92 Å². The Kier molecular flexibility index (Phi) is 5.36. The van der Waals surface area contributed by atoms with Crippen molar-refractivity contribution >= 4 is 29.2 Å². The van der Waals surface area contributed by atoms with E-state index in [-0.39, 0.29) is 24.0 Å². The quantitative estimate of drug-likeness (QED) is 0.856. The number of fused-ring (bicyclic) bond motifs is 1. The molecule has 0 bridgehead atoms. The lowest BCUT2D eigenvalue weighted by molar-refractivity contribution is -0.144. The third kappa shape index (κ3) is 3.62. The summed E-state index contributed by atoms with van der Waals surface area (Å²) in [5.41, 5.74) is 0.883. The normalized spacial score (nSPS) is 18.9. The number of benzene rings is 1. The summed E-state index contributed by atoms with van der Waals surface area (Å²) in [5.74, 6) is 0.474. The van der Waals surface area contributed by atoms with Crippen molar-refractivity contribution in [1.82, 2.24) is 5.32 Å². The van der Waals surface area contributed by atoms with Crippen LogP contribution < -0.4 is 10.1 Å². The Morgan fingerprint density at radius 3 is 2.76 bits per heavy atom. The van der Waals surface area contributed by atoms with Gasteiger partial charge < -0.3 is 9.47 Å². The first kappa shape index (κ1) is 16.4. The first-order valence-electron chi connectivity index (χ1n) is 6.89. The standard InChI is InChI=1S/C15H19Cl2NO3/c1-8(2)13(15(19)20-3)18-12-4-5-21-14-10(12)6-9(16)7-11(14)17/h6-8,12-13,18H,4-5H2,1-3H3. The van der Waals surface area contributed by atoms with Gasteiger partial charge in [-0.1, -0.05) is 37.0 Å². The number of ether oxygens (including phenoxy) is 2. The Labute approximate surface area is 134 Å². The summed E-state index contributed by atoms with van der Waals surface area (Å²) in [6.45, 7) is 4.48. The van der Waals surface area contributed by atoms with E-state index in [1.165, 1.54) is 7.11 Å². The van der Waals surface area contributed by atoms with Gasteiger partial charge in [0.15, 0.2) is 0 Å². The number of methoxy groups -OCH3 is 1. The van der Waals surface area contributed by atoms with Crippen molar-refractivity contribution in [3.63, 3.8) is 0 Å². The maximum absolute atomic E-state index is 11.9. The molecule has 116 valence electrons. The SMILES string of the molecule is COC(=O)C(NC1CCOc2c(Cl)cc(Cl)cc21)C(C)C. The molecule has 0 aromatic heterocycles. The van der Waals surface area contributed by atoms with Crippen molar-refractivity contribution in [2.24, 2.45) is 5.92 Å². The number of esters is 1. The lowest BCUT2D eigenvalue weighted by Crippen LogP contribution is -2.44. The maximum atomic E-state index is 11.9. The zero-order valence-corrected chi connectivity index (χ0v) is 13.8. The topological polar surface area (TPSA) is 47.6 Å². The molecule has 0 spiro atoms. The third-order valence-corrected chi connectivity index (χ3v) is 4.07. The Balaban J connectivity index is 2.29. The second-order valence-corrected chi connectivity index (χ2v) is 6.25. The molecule has 2 atom stereocenters. The molecule has 1 aliphatic heterocycles. The minimum absolute atomic E-state index is 0.0450. The molecule has 2 unspecified atom stereocenters. The molecule has 1 aromatic carbocycles. The van der Waals surface area contributed by atoms with Crippen molar-refractivity contribution in [2.45, 2.75) is 32.4 Å². The minimum atomic E-state index is -0.385. The zero-order chi connectivity index (χ0) is 15.6. The molecule has 0 saturated heterocycles. The van der Waals surface area contributed by atoms with Gasteiger partial charge in [-0.25, -0.2) is 0 Å². The van der Waals surface area contributed by atoms with E-state index < -0.39 is 0 Å². The molecule has 0 aliphatic carbocycles. The van der Waals surface area contributed by atoms with E-state index in [9.17, 15) is 4.79 Å². The molecule has 0 radical (unpaired) electrons. The summed E-state index contributed by atoms with van der Waals surface area (Å²) in [4.78, 5) is 11.9. The lowest BCUT2D eigenvalue weighted by atomic mass is 9.96. The summed E-state index contributed by atoms with van der Waals surface area (Å²) >= 11 is 12.2. The predicted octanol–water partition coefficient (Wildman–Crippen LogP) is 3.60. The maximum Gasteiger partial charge on any atom is 0.323 e. The molecule has 6 heteroatoms. The van der Waals surface area contributed by atoms with Crippen LogP contribution in [0.2, 0.25) is 10.0 Å². The van der Waals surface area contributed by atoms with Crippen molar-refractivity contribution in [2.75, 3.05) is 13.7 Å². The average molecular weight is 332 g/mol. The van der Waals surface area contributed by atoms with Crippen LogP contribution in [0.1, 0.15) is 31.9 Å². The number of halogens is 2. The molecular weight excluding hydrogens is 313 g/mol. The molecule has 2 rings (SSSR count). The smallest absolute Gasteiger partial charge is 0.323 e. The molecule has 0 saturated carbocycles. The predicted molar refractivity (Wildman–Crippen MR) is 83.1 cm³/mol. The number of carbonyl (C=O) groups is 1. The van der Waals surface area contributed by atoms with E-state index in [2.05, 4.69) is 5.32 Å². The van der Waals surface area contributed by atoms with Crippen molar-refractivity contribution < 1.29 is 14.3 Å². The molecule has 4 nitrogen and oxygen atoms in total. The summed E-state index contributed by atoms with van der Waals surface area (Å²) < 4.78 is 10.5. The van der Waals surface area contributed by atoms with Crippen LogP contribution in [0.15, 0.2) is 12.1 Å². The van der Waals surface area contributed by atoms with Gasteiger partial charge in [-0.2, -0.15) is 0 Å². The van der Waals surface area contributed by atoms with Crippen molar-refractivity contribution in [3.8, 4) is 5.75 Å². The number of hydrogen-bond donors (Lipinski definition) is 1. The summed E-state index contributed by atoms with van der Waals surface area (Å²) in [6, 6.07) is 3.05. The van der Waals surface area contributed by atoms with Crippen LogP contribution in [-0.4, -0.2) is 25.7 Å². The second kappa shape index (κ2) is 6.86. The lowest BCUT2D eigenvalue weighted by Gasteiger charge is -2.31. The van der Waals surface area contributed by atoms with Gasteiger partial charge in [0.1, 0.15) is 11.8 Å². The third-order valence-electron chi connectivity index (χ3n) is 3.57. The summed E-state index contributed by atoms with van der Waals surface area (Å²) in [7, 11) is 1.39. The van der Waals surface area contributed by atoms with E-state index in [1.807, 2.05) is 19.9 Å². The van der Waals surface area contributed by atoms with E-state index in [0.717, 1.165) is 12.0 Å². The van der Waals surface area contributed by atoms with Crippen molar-refractivity contribution in [1.29, 1.82) is 0 Å². The van der Waals surface area contributed by atoms with Gasteiger partial charge in [0.2, 0.25) is 0 Å². The Morgan fingerprint density at radius 1 is 1.43 bits per heavy atom. The number of carbonyl (C=O) groups excluding carboxylic acids is 1. The highest BCUT2D eigenvalue weighted by Crippen LogP contribution is 2.40. The van der Waals surface area contributed by atoms with Gasteiger partial charge >= 0.3 is 5.97 Å². The molecule has 21 heavy (non-hydrogen) atoms. The molecule has 0 amide bonds. The van der Waals surface area contributed by atoms with Crippen LogP contribution in [0.5, 0.6) is 5.75 Å². The van der Waals surface area contributed by atoms with E-state index in [0.29, 0.717) is 22.4 Å². The van der Waals surface area contributed by atoms with Gasteiger partial charge in [0, 0.05) is 23.0 Å². The largest absolute Gasteiger partial charge is 0.492 e. The summed E-state index contributed by atoms with van der Waals surface area (Å²) in [5, 5.41) is 4.39. The molecule has 1 N–H and O–H groups in total. The fourth-order valence-corrected chi connectivity index (χ4v) is 3.04. The molecule has 0 fully saturated rings. The van der Waals surface area contributed by atoms with Gasteiger partial charge in [0.05, 0.1) is 18.7 Å². The molecule has 1 heterocycles. The van der Waals surface area contributed by atoms with Crippen molar-refractivity contribution in [3.05, 3.63) is 27.7 Å². The van der Waals surface area contributed by atoms with Gasteiger partial charge in [0.25, 0.3) is 0 Å². The van der Waals surface area contributed by atoms with Crippen LogP contribution in [0.3, 0.4) is 0 Å². The van der Waals surface area contributed by atoms with E-state index >= 15 is 0 Å². The number of hydrogen-bond acceptors (Lipinski definition) is 4. The number of rotatable bonds is 4. The monoisotopic (exact) mass is 331 g/mol. The molecule has 1 aromatic rings. The van der Waals surface area contributed by atoms with E-state index in [4.69, 9.17) is 32.7 Å². The zero-order valence-electron chi connectivity index (χ0n) is 12.3.